The second-order valence-electron chi connectivity index (χ2n) is 4.16. The van der Waals surface area contributed by atoms with E-state index in [9.17, 15) is 17.2 Å². The third-order valence-electron chi connectivity index (χ3n) is 2.41. The Bertz CT molecular complexity index is 564. The van der Waals surface area contributed by atoms with Crippen LogP contribution in [-0.4, -0.2) is 25.3 Å². The number of halogens is 3. The highest BCUT2D eigenvalue weighted by Crippen LogP contribution is 2.29. The molecule has 0 amide bonds. The Morgan fingerprint density at radius 2 is 2.00 bits per heavy atom. The van der Waals surface area contributed by atoms with Crippen LogP contribution in [0.15, 0.2) is 34.2 Å². The zero-order chi connectivity index (χ0) is 14.8. The lowest BCUT2D eigenvalue weighted by Crippen LogP contribution is -2.37. The average molecular weight is 354 g/mol. The van der Waals surface area contributed by atoms with Crippen molar-refractivity contribution in [1.82, 2.24) is 4.31 Å². The van der Waals surface area contributed by atoms with Crippen LogP contribution in [0.5, 0.6) is 0 Å². The monoisotopic (exact) mass is 353 g/mol. The Morgan fingerprint density at radius 1 is 1.42 bits per heavy atom. The summed E-state index contributed by atoms with van der Waals surface area (Å²) in [5, 5.41) is 0. The van der Waals surface area contributed by atoms with Crippen molar-refractivity contribution in [3.63, 3.8) is 0 Å². The highest BCUT2D eigenvalue weighted by molar-refractivity contribution is 9.10. The molecule has 0 aliphatic heterocycles. The quantitative estimate of drug-likeness (QED) is 0.761. The molecule has 0 aromatic heterocycles. The minimum Gasteiger partial charge on any atom is -0.207 e. The zero-order valence-electron chi connectivity index (χ0n) is 10.5. The molecule has 0 saturated carbocycles. The van der Waals surface area contributed by atoms with Crippen molar-refractivity contribution in [2.75, 3.05) is 6.54 Å². The summed E-state index contributed by atoms with van der Waals surface area (Å²) in [4.78, 5) is -0.565. The van der Waals surface area contributed by atoms with Gasteiger partial charge in [0.05, 0.1) is 0 Å². The van der Waals surface area contributed by atoms with Gasteiger partial charge in [0.1, 0.15) is 16.5 Å². The molecule has 1 aromatic carbocycles. The van der Waals surface area contributed by atoms with E-state index in [1.165, 1.54) is 6.08 Å². The Morgan fingerprint density at radius 3 is 2.42 bits per heavy atom. The van der Waals surface area contributed by atoms with Gasteiger partial charge in [-0.2, -0.15) is 4.31 Å². The third-order valence-corrected chi connectivity index (χ3v) is 5.42. The Balaban J connectivity index is 3.46. The van der Waals surface area contributed by atoms with E-state index in [0.29, 0.717) is 6.07 Å². The molecular formula is C12H14BrF2NO2S. The van der Waals surface area contributed by atoms with Crippen molar-refractivity contribution in [3.05, 3.63) is 40.9 Å². The largest absolute Gasteiger partial charge is 0.247 e. The van der Waals surface area contributed by atoms with Crippen molar-refractivity contribution in [2.24, 2.45) is 0 Å². The Kier molecular flexibility index (Phi) is 5.23. The van der Waals surface area contributed by atoms with E-state index >= 15 is 0 Å². The fourth-order valence-electron chi connectivity index (χ4n) is 1.61. The molecule has 7 heteroatoms. The van der Waals surface area contributed by atoms with E-state index < -0.39 is 26.6 Å². The third kappa shape index (κ3) is 3.40. The van der Waals surface area contributed by atoms with Gasteiger partial charge in [0.15, 0.2) is 0 Å². The molecule has 0 bridgehead atoms. The van der Waals surface area contributed by atoms with Gasteiger partial charge in [-0.3, -0.25) is 0 Å². The lowest BCUT2D eigenvalue weighted by atomic mass is 10.3. The molecule has 3 nitrogen and oxygen atoms in total. The summed E-state index contributed by atoms with van der Waals surface area (Å²) in [6.45, 7) is 6.85. The van der Waals surface area contributed by atoms with Crippen LogP contribution in [0.1, 0.15) is 13.8 Å². The van der Waals surface area contributed by atoms with Gasteiger partial charge in [-0.1, -0.05) is 6.08 Å². The van der Waals surface area contributed by atoms with Crippen molar-refractivity contribution in [2.45, 2.75) is 24.8 Å². The van der Waals surface area contributed by atoms with Gasteiger partial charge in [-0.25, -0.2) is 17.2 Å². The zero-order valence-corrected chi connectivity index (χ0v) is 12.9. The van der Waals surface area contributed by atoms with E-state index in [1.54, 1.807) is 13.8 Å². The van der Waals surface area contributed by atoms with Crippen molar-refractivity contribution in [3.8, 4) is 0 Å². The van der Waals surface area contributed by atoms with Gasteiger partial charge in [0.25, 0.3) is 0 Å². The van der Waals surface area contributed by atoms with Crippen molar-refractivity contribution < 1.29 is 17.2 Å². The van der Waals surface area contributed by atoms with Gasteiger partial charge < -0.3 is 0 Å². The predicted molar refractivity (Wildman–Crippen MR) is 73.3 cm³/mol. The maximum atomic E-state index is 13.8. The summed E-state index contributed by atoms with van der Waals surface area (Å²) in [5.41, 5.74) is 0. The average Bonchev–Trinajstić information content (AvgIpc) is 2.22. The van der Waals surface area contributed by atoms with Gasteiger partial charge in [0.2, 0.25) is 10.0 Å². The lowest BCUT2D eigenvalue weighted by molar-refractivity contribution is 0.379. The highest BCUT2D eigenvalue weighted by atomic mass is 79.9. The summed E-state index contributed by atoms with van der Waals surface area (Å²) >= 11 is 2.89. The molecule has 0 heterocycles. The van der Waals surface area contributed by atoms with Gasteiger partial charge in [-0.15, -0.1) is 6.58 Å². The first kappa shape index (κ1) is 16.3. The first-order chi connectivity index (χ1) is 8.71. The van der Waals surface area contributed by atoms with Crippen LogP contribution in [0.25, 0.3) is 0 Å². The molecule has 0 radical (unpaired) electrons. The fourth-order valence-corrected chi connectivity index (χ4v) is 4.33. The second kappa shape index (κ2) is 6.11. The van der Waals surface area contributed by atoms with E-state index in [1.807, 2.05) is 0 Å². The Hall–Kier alpha value is -0.790. The molecule has 0 aliphatic carbocycles. The molecule has 0 aliphatic rings. The van der Waals surface area contributed by atoms with Crippen LogP contribution in [0.2, 0.25) is 0 Å². The normalized spacial score (nSPS) is 12.2. The number of hydrogen-bond acceptors (Lipinski definition) is 2. The summed E-state index contributed by atoms with van der Waals surface area (Å²) in [7, 11) is -4.07. The summed E-state index contributed by atoms with van der Waals surface area (Å²) in [6, 6.07) is 1.09. The molecule has 1 aromatic rings. The van der Waals surface area contributed by atoms with Gasteiger partial charge >= 0.3 is 0 Å². The van der Waals surface area contributed by atoms with E-state index in [-0.39, 0.29) is 17.1 Å². The highest BCUT2D eigenvalue weighted by Gasteiger charge is 2.31. The Labute approximate surface area is 120 Å². The standard InChI is InChI=1S/C12H14BrF2NO2S/c1-4-5-16(8(2)3)19(17,18)12-10(13)6-9(14)7-11(12)15/h4,6-8H,1,5H2,2-3H3. The first-order valence-electron chi connectivity index (χ1n) is 5.49. The molecule has 0 N–H and O–H groups in total. The molecular weight excluding hydrogens is 340 g/mol. The molecule has 0 fully saturated rings. The maximum absolute atomic E-state index is 13.8. The molecule has 106 valence electrons. The van der Waals surface area contributed by atoms with Gasteiger partial charge in [-0.05, 0) is 35.8 Å². The van der Waals surface area contributed by atoms with Crippen LogP contribution in [-0.2, 0) is 10.0 Å². The van der Waals surface area contributed by atoms with E-state index in [4.69, 9.17) is 0 Å². The van der Waals surface area contributed by atoms with Crippen LogP contribution in [0.4, 0.5) is 8.78 Å². The molecule has 0 saturated heterocycles. The van der Waals surface area contributed by atoms with Crippen LogP contribution in [0.3, 0.4) is 0 Å². The smallest absolute Gasteiger partial charge is 0.207 e. The van der Waals surface area contributed by atoms with Crippen LogP contribution in [0, 0.1) is 11.6 Å². The van der Waals surface area contributed by atoms with E-state index in [0.717, 1.165) is 10.4 Å². The minimum atomic E-state index is -4.07. The maximum Gasteiger partial charge on any atom is 0.247 e. The molecule has 19 heavy (non-hydrogen) atoms. The minimum absolute atomic E-state index is 0.0449. The molecule has 1 rings (SSSR count). The van der Waals surface area contributed by atoms with Crippen LogP contribution < -0.4 is 0 Å². The number of sulfonamides is 1. The van der Waals surface area contributed by atoms with Crippen molar-refractivity contribution in [1.29, 1.82) is 0 Å². The lowest BCUT2D eigenvalue weighted by Gasteiger charge is -2.25. The molecule has 0 atom stereocenters. The summed E-state index contributed by atoms with van der Waals surface area (Å²) in [6.07, 6.45) is 1.41. The topological polar surface area (TPSA) is 37.4 Å². The van der Waals surface area contributed by atoms with Gasteiger partial charge in [0, 0.05) is 23.1 Å². The fraction of sp³-hybridized carbons (Fsp3) is 0.333. The first-order valence-corrected chi connectivity index (χ1v) is 7.72. The molecule has 0 unspecified atom stereocenters. The van der Waals surface area contributed by atoms with Crippen molar-refractivity contribution >= 4 is 26.0 Å². The number of nitrogens with zero attached hydrogens (tertiary/aromatic N) is 1. The summed E-state index contributed by atoms with van der Waals surface area (Å²) in [5.74, 6) is -1.97. The van der Waals surface area contributed by atoms with E-state index in [2.05, 4.69) is 22.5 Å². The number of rotatable bonds is 5. The predicted octanol–water partition coefficient (Wildman–Crippen LogP) is 3.31. The summed E-state index contributed by atoms with van der Waals surface area (Å²) < 4.78 is 52.5. The number of hydrogen-bond donors (Lipinski definition) is 0. The molecule has 0 spiro atoms. The van der Waals surface area contributed by atoms with Crippen LogP contribution >= 0.6 is 15.9 Å². The second-order valence-corrected chi connectivity index (χ2v) is 6.84. The SMILES string of the molecule is C=CCN(C(C)C)S(=O)(=O)c1c(F)cc(F)cc1Br. The number of benzene rings is 1.